The molecule has 4 heterocycles. The Kier molecular flexibility index (Phi) is 5.72. The number of hydrogen-bond acceptors (Lipinski definition) is 6. The Morgan fingerprint density at radius 3 is 2.67 bits per heavy atom. The molecule has 30 heavy (non-hydrogen) atoms. The minimum absolute atomic E-state index is 0.518. The van der Waals surface area contributed by atoms with E-state index in [2.05, 4.69) is 58.4 Å². The molecule has 2 saturated heterocycles. The number of aromatic nitrogens is 2. The summed E-state index contributed by atoms with van der Waals surface area (Å²) >= 11 is 1.71. The Balaban J connectivity index is 1.35. The van der Waals surface area contributed by atoms with E-state index < -0.39 is 0 Å². The third kappa shape index (κ3) is 3.96. The van der Waals surface area contributed by atoms with Crippen LogP contribution in [0.4, 0.5) is 5.82 Å². The van der Waals surface area contributed by atoms with Gasteiger partial charge in [0.1, 0.15) is 17.0 Å². The lowest BCUT2D eigenvalue weighted by molar-refractivity contribution is 0.152. The van der Waals surface area contributed by atoms with Gasteiger partial charge in [0.15, 0.2) is 0 Å². The molecule has 0 radical (unpaired) electrons. The van der Waals surface area contributed by atoms with E-state index in [-0.39, 0.29) is 0 Å². The van der Waals surface area contributed by atoms with Crippen molar-refractivity contribution in [2.45, 2.75) is 32.2 Å². The smallest absolute Gasteiger partial charge is 0.141 e. The number of ether oxygens (including phenoxy) is 1. The second-order valence-electron chi connectivity index (χ2n) is 8.77. The average Bonchev–Trinajstić information content (AvgIpc) is 3.44. The van der Waals surface area contributed by atoms with Crippen molar-refractivity contribution in [3.63, 3.8) is 0 Å². The quantitative estimate of drug-likeness (QED) is 0.601. The highest BCUT2D eigenvalue weighted by molar-refractivity contribution is 7.17. The summed E-state index contributed by atoms with van der Waals surface area (Å²) in [6.07, 6.45) is 5.30. The summed E-state index contributed by atoms with van der Waals surface area (Å²) in [7, 11) is 2.21. The number of piperidine rings is 1. The van der Waals surface area contributed by atoms with Crippen molar-refractivity contribution in [2.75, 3.05) is 44.8 Å². The predicted molar refractivity (Wildman–Crippen MR) is 124 cm³/mol. The van der Waals surface area contributed by atoms with E-state index >= 15 is 0 Å². The van der Waals surface area contributed by atoms with Crippen LogP contribution in [0.3, 0.4) is 0 Å². The monoisotopic (exact) mass is 422 g/mol. The first-order valence-electron chi connectivity index (χ1n) is 11.0. The molecule has 1 aromatic carbocycles. The van der Waals surface area contributed by atoms with Gasteiger partial charge in [0.25, 0.3) is 0 Å². The number of fused-ring (bicyclic) bond motifs is 1. The van der Waals surface area contributed by atoms with Crippen LogP contribution in [0.1, 0.15) is 24.8 Å². The van der Waals surface area contributed by atoms with Crippen molar-refractivity contribution >= 4 is 27.4 Å². The van der Waals surface area contributed by atoms with Crippen molar-refractivity contribution in [3.05, 3.63) is 41.5 Å². The molecule has 3 aromatic rings. The zero-order valence-electron chi connectivity index (χ0n) is 17.9. The Morgan fingerprint density at radius 1 is 1.13 bits per heavy atom. The number of hydrogen-bond donors (Lipinski definition) is 0. The average molecular weight is 423 g/mol. The van der Waals surface area contributed by atoms with Crippen LogP contribution in [0, 0.1) is 12.8 Å². The zero-order chi connectivity index (χ0) is 20.5. The van der Waals surface area contributed by atoms with Crippen molar-refractivity contribution in [1.29, 1.82) is 0 Å². The maximum absolute atomic E-state index is 5.56. The molecule has 0 unspecified atom stereocenters. The highest BCUT2D eigenvalue weighted by Gasteiger charge is 2.27. The fraction of sp³-hybridized carbons (Fsp3) is 0.500. The number of rotatable bonds is 5. The number of likely N-dealkylation sites (tertiary alicyclic amines) is 1. The second-order valence-corrected chi connectivity index (χ2v) is 9.62. The van der Waals surface area contributed by atoms with Crippen molar-refractivity contribution in [3.8, 4) is 11.1 Å². The molecule has 0 saturated carbocycles. The van der Waals surface area contributed by atoms with Gasteiger partial charge in [-0.25, -0.2) is 9.97 Å². The molecule has 158 valence electrons. The highest BCUT2D eigenvalue weighted by Crippen LogP contribution is 2.38. The maximum atomic E-state index is 5.56. The molecule has 2 aliphatic heterocycles. The lowest BCUT2D eigenvalue weighted by Crippen LogP contribution is -2.45. The molecule has 6 heteroatoms. The number of thiophene rings is 1. The summed E-state index contributed by atoms with van der Waals surface area (Å²) in [4.78, 5) is 15.4. The molecule has 2 fully saturated rings. The fourth-order valence-corrected chi connectivity index (χ4v) is 5.74. The van der Waals surface area contributed by atoms with Crippen LogP contribution in [-0.2, 0) is 4.74 Å². The van der Waals surface area contributed by atoms with Gasteiger partial charge < -0.3 is 14.5 Å². The number of nitrogens with zero attached hydrogens (tertiary/aromatic N) is 4. The minimum Gasteiger partial charge on any atom is -0.381 e. The molecule has 2 aromatic heterocycles. The molecule has 0 spiro atoms. The zero-order valence-corrected chi connectivity index (χ0v) is 18.7. The lowest BCUT2D eigenvalue weighted by atomic mass is 10.00. The number of anilines is 1. The molecule has 0 bridgehead atoms. The van der Waals surface area contributed by atoms with Gasteiger partial charge >= 0.3 is 0 Å². The third-order valence-corrected chi connectivity index (χ3v) is 7.58. The van der Waals surface area contributed by atoms with Gasteiger partial charge in [-0.2, -0.15) is 0 Å². The standard InChI is InChI=1S/C24H30N4OS/c1-17-3-5-19(6-4-17)21-15-30-24-22(21)23(25-16-26-24)27(2)20-7-10-28(11-8-20)13-18-9-12-29-14-18/h3-6,15-16,18,20H,7-14H2,1-2H3/t18-/m0/s1. The van der Waals surface area contributed by atoms with E-state index in [0.29, 0.717) is 6.04 Å². The van der Waals surface area contributed by atoms with Crippen LogP contribution in [0.15, 0.2) is 36.0 Å². The van der Waals surface area contributed by atoms with E-state index in [4.69, 9.17) is 9.72 Å². The van der Waals surface area contributed by atoms with E-state index in [1.165, 1.54) is 47.9 Å². The first-order valence-corrected chi connectivity index (χ1v) is 11.9. The van der Waals surface area contributed by atoms with Crippen molar-refractivity contribution < 1.29 is 4.74 Å². The van der Waals surface area contributed by atoms with Crippen LogP contribution in [0.25, 0.3) is 21.3 Å². The predicted octanol–water partition coefficient (Wildman–Crippen LogP) is 4.60. The van der Waals surface area contributed by atoms with Crippen molar-refractivity contribution in [2.24, 2.45) is 5.92 Å². The fourth-order valence-electron chi connectivity index (χ4n) is 4.83. The first-order chi connectivity index (χ1) is 14.7. The van der Waals surface area contributed by atoms with Gasteiger partial charge in [-0.05, 0) is 37.7 Å². The SMILES string of the molecule is Cc1ccc(-c2csc3ncnc(N(C)C4CCN(C[C@@H]5CCOC5)CC4)c23)cc1. The third-order valence-electron chi connectivity index (χ3n) is 6.69. The number of benzene rings is 1. The van der Waals surface area contributed by atoms with Crippen LogP contribution in [0.2, 0.25) is 0 Å². The van der Waals surface area contributed by atoms with Gasteiger partial charge in [-0.1, -0.05) is 29.8 Å². The summed E-state index contributed by atoms with van der Waals surface area (Å²) in [5.74, 6) is 1.79. The molecule has 5 nitrogen and oxygen atoms in total. The van der Waals surface area contributed by atoms with E-state index in [0.717, 1.165) is 42.9 Å². The molecular weight excluding hydrogens is 392 g/mol. The first kappa shape index (κ1) is 19.9. The summed E-state index contributed by atoms with van der Waals surface area (Å²) in [6, 6.07) is 9.29. The van der Waals surface area contributed by atoms with Crippen LogP contribution >= 0.6 is 11.3 Å². The van der Waals surface area contributed by atoms with Crippen molar-refractivity contribution in [1.82, 2.24) is 14.9 Å². The van der Waals surface area contributed by atoms with Gasteiger partial charge in [0, 0.05) is 50.3 Å². The van der Waals surface area contributed by atoms with E-state index in [9.17, 15) is 0 Å². The topological polar surface area (TPSA) is 41.5 Å². The van der Waals surface area contributed by atoms with Gasteiger partial charge in [-0.3, -0.25) is 0 Å². The Bertz CT molecular complexity index is 988. The van der Waals surface area contributed by atoms with Gasteiger partial charge in [0.2, 0.25) is 0 Å². The molecule has 0 N–H and O–H groups in total. The second kappa shape index (κ2) is 8.61. The molecule has 0 aliphatic carbocycles. The van der Waals surface area contributed by atoms with Crippen LogP contribution in [0.5, 0.6) is 0 Å². The minimum atomic E-state index is 0.518. The summed E-state index contributed by atoms with van der Waals surface area (Å²) in [5, 5.41) is 3.42. The highest BCUT2D eigenvalue weighted by atomic mass is 32.1. The summed E-state index contributed by atoms with van der Waals surface area (Å²) < 4.78 is 5.56. The van der Waals surface area contributed by atoms with Gasteiger partial charge in [-0.15, -0.1) is 11.3 Å². The Hall–Kier alpha value is -2.02. The van der Waals surface area contributed by atoms with Crippen LogP contribution in [-0.4, -0.2) is 60.8 Å². The van der Waals surface area contributed by atoms with E-state index in [1.54, 1.807) is 17.7 Å². The van der Waals surface area contributed by atoms with Crippen LogP contribution < -0.4 is 4.90 Å². The summed E-state index contributed by atoms with van der Waals surface area (Å²) in [5.41, 5.74) is 3.77. The molecule has 2 aliphatic rings. The van der Waals surface area contributed by atoms with Gasteiger partial charge in [0.05, 0.1) is 12.0 Å². The van der Waals surface area contributed by atoms with E-state index in [1.807, 2.05) is 0 Å². The normalized spacial score (nSPS) is 20.8. The largest absolute Gasteiger partial charge is 0.381 e. The molecule has 1 atom stereocenters. The maximum Gasteiger partial charge on any atom is 0.141 e. The molecule has 0 amide bonds. The Labute approximate surface area is 182 Å². The summed E-state index contributed by atoms with van der Waals surface area (Å²) in [6.45, 7) is 7.53. The molecular formula is C24H30N4OS. The number of aryl methyl sites for hydroxylation is 1. The Morgan fingerprint density at radius 2 is 1.93 bits per heavy atom. The lowest BCUT2D eigenvalue weighted by Gasteiger charge is -2.38. The molecule has 5 rings (SSSR count).